The van der Waals surface area contributed by atoms with Crippen LogP contribution in [0.15, 0.2) is 12.3 Å². The highest BCUT2D eigenvalue weighted by Gasteiger charge is 2.25. The van der Waals surface area contributed by atoms with Crippen LogP contribution >= 0.6 is 0 Å². The van der Waals surface area contributed by atoms with Crippen molar-refractivity contribution in [2.24, 2.45) is 5.92 Å². The molecule has 1 saturated carbocycles. The fraction of sp³-hybridized carbons (Fsp3) is 0.455. The number of hydrogen-bond acceptors (Lipinski definition) is 2. The van der Waals surface area contributed by atoms with Crippen LogP contribution in [-0.2, 0) is 0 Å². The lowest BCUT2D eigenvalue weighted by Crippen LogP contribution is -2.11. The van der Waals surface area contributed by atoms with Gasteiger partial charge in [0, 0.05) is 12.1 Å². The number of aromatic nitrogens is 1. The minimum absolute atomic E-state index is 0.0556. The first kappa shape index (κ1) is 9.96. The molecule has 1 aromatic heterocycles. The molecule has 0 aromatic carbocycles. The van der Waals surface area contributed by atoms with Gasteiger partial charge in [0.25, 0.3) is 0 Å². The molecule has 0 bridgehead atoms. The van der Waals surface area contributed by atoms with Gasteiger partial charge in [0.15, 0.2) is 5.78 Å². The van der Waals surface area contributed by atoms with Crippen LogP contribution in [0.4, 0.5) is 0 Å². The largest absolute Gasteiger partial charge is 0.478 e. The molecule has 2 N–H and O–H groups in total. The molecule has 15 heavy (non-hydrogen) atoms. The predicted octanol–water partition coefficient (Wildman–Crippen LogP) is 2.09. The highest BCUT2D eigenvalue weighted by molar-refractivity contribution is 5.99. The van der Waals surface area contributed by atoms with Crippen LogP contribution in [-0.4, -0.2) is 21.8 Å². The number of Topliss-reactive ketones (excluding diaryl/α,β-unsaturated/α-hetero) is 1. The van der Waals surface area contributed by atoms with Crippen LogP contribution in [0.1, 0.15) is 46.5 Å². The van der Waals surface area contributed by atoms with E-state index in [2.05, 4.69) is 4.98 Å². The van der Waals surface area contributed by atoms with Crippen molar-refractivity contribution in [2.45, 2.75) is 25.7 Å². The third-order valence-electron chi connectivity index (χ3n) is 2.92. The van der Waals surface area contributed by atoms with Crippen molar-refractivity contribution < 1.29 is 14.7 Å². The van der Waals surface area contributed by atoms with E-state index in [-0.39, 0.29) is 17.3 Å². The molecular weight excluding hydrogens is 194 g/mol. The summed E-state index contributed by atoms with van der Waals surface area (Å²) in [6, 6.07) is 1.42. The Balaban J connectivity index is 2.14. The highest BCUT2D eigenvalue weighted by Crippen LogP contribution is 2.27. The molecule has 1 aliphatic rings. The van der Waals surface area contributed by atoms with Crippen LogP contribution in [0.2, 0.25) is 0 Å². The number of carboxylic acids is 1. The predicted molar refractivity (Wildman–Crippen MR) is 54.0 cm³/mol. The zero-order valence-electron chi connectivity index (χ0n) is 8.32. The lowest BCUT2D eigenvalue weighted by molar-refractivity contribution is 0.0697. The number of ketones is 1. The highest BCUT2D eigenvalue weighted by atomic mass is 16.4. The van der Waals surface area contributed by atoms with Crippen molar-refractivity contribution in [1.82, 2.24) is 4.98 Å². The summed E-state index contributed by atoms with van der Waals surface area (Å²) in [5.41, 5.74) is 0.579. The van der Waals surface area contributed by atoms with Crippen LogP contribution in [0.5, 0.6) is 0 Å². The number of carbonyl (C=O) groups excluding carboxylic acids is 1. The van der Waals surface area contributed by atoms with Gasteiger partial charge in [-0.1, -0.05) is 12.8 Å². The summed E-state index contributed by atoms with van der Waals surface area (Å²) in [6.07, 6.45) is 5.43. The minimum atomic E-state index is -1.00. The van der Waals surface area contributed by atoms with Gasteiger partial charge in [0.1, 0.15) is 0 Å². The van der Waals surface area contributed by atoms with E-state index in [0.717, 1.165) is 25.7 Å². The van der Waals surface area contributed by atoms with Gasteiger partial charge in [-0.2, -0.15) is 0 Å². The molecular formula is C11H13NO3. The first-order chi connectivity index (χ1) is 7.18. The molecule has 2 rings (SSSR count). The van der Waals surface area contributed by atoms with E-state index in [1.54, 1.807) is 0 Å². The van der Waals surface area contributed by atoms with E-state index >= 15 is 0 Å². The van der Waals surface area contributed by atoms with Crippen LogP contribution < -0.4 is 0 Å². The molecule has 1 fully saturated rings. The third kappa shape index (κ3) is 1.93. The second kappa shape index (κ2) is 3.88. The molecule has 0 amide bonds. The maximum atomic E-state index is 11.9. The molecule has 4 heteroatoms. The summed E-state index contributed by atoms with van der Waals surface area (Å²) in [5, 5.41) is 8.71. The zero-order valence-corrected chi connectivity index (χ0v) is 8.32. The molecule has 80 valence electrons. The SMILES string of the molecule is O=C(O)c1c[nH]c(C(=O)C2CCCC2)c1. The van der Waals surface area contributed by atoms with Gasteiger partial charge in [0.05, 0.1) is 11.3 Å². The summed E-state index contributed by atoms with van der Waals surface area (Å²) < 4.78 is 0. The van der Waals surface area contributed by atoms with E-state index in [9.17, 15) is 9.59 Å². The van der Waals surface area contributed by atoms with Gasteiger partial charge < -0.3 is 10.1 Å². The van der Waals surface area contributed by atoms with E-state index in [1.165, 1.54) is 12.3 Å². The number of rotatable bonds is 3. The van der Waals surface area contributed by atoms with Crippen molar-refractivity contribution in [2.75, 3.05) is 0 Å². The quantitative estimate of drug-likeness (QED) is 0.745. The summed E-state index contributed by atoms with van der Waals surface area (Å²) in [4.78, 5) is 25.2. The Kier molecular flexibility index (Phi) is 2.58. The summed E-state index contributed by atoms with van der Waals surface area (Å²) >= 11 is 0. The van der Waals surface area contributed by atoms with Crippen molar-refractivity contribution >= 4 is 11.8 Å². The van der Waals surface area contributed by atoms with E-state index in [4.69, 9.17) is 5.11 Å². The number of carbonyl (C=O) groups is 2. The Bertz CT molecular complexity index is 388. The summed E-state index contributed by atoms with van der Waals surface area (Å²) in [6.45, 7) is 0. The zero-order chi connectivity index (χ0) is 10.8. The number of nitrogens with one attached hydrogen (secondary N) is 1. The smallest absolute Gasteiger partial charge is 0.337 e. The average Bonchev–Trinajstić information content (AvgIpc) is 2.88. The molecule has 0 atom stereocenters. The fourth-order valence-electron chi connectivity index (χ4n) is 2.07. The number of aromatic carboxylic acids is 1. The van der Waals surface area contributed by atoms with Crippen molar-refractivity contribution in [3.8, 4) is 0 Å². The minimum Gasteiger partial charge on any atom is -0.478 e. The topological polar surface area (TPSA) is 70.2 Å². The molecule has 0 aliphatic heterocycles. The van der Waals surface area contributed by atoms with Crippen LogP contribution in [0, 0.1) is 5.92 Å². The summed E-state index contributed by atoms with van der Waals surface area (Å²) in [7, 11) is 0. The molecule has 1 aliphatic carbocycles. The Morgan fingerprint density at radius 3 is 2.53 bits per heavy atom. The van der Waals surface area contributed by atoms with Crippen LogP contribution in [0.3, 0.4) is 0 Å². The van der Waals surface area contributed by atoms with Crippen molar-refractivity contribution in [1.29, 1.82) is 0 Å². The Hall–Kier alpha value is -1.58. The average molecular weight is 207 g/mol. The van der Waals surface area contributed by atoms with E-state index in [1.807, 2.05) is 0 Å². The number of aromatic amines is 1. The first-order valence-corrected chi connectivity index (χ1v) is 5.14. The van der Waals surface area contributed by atoms with Gasteiger partial charge in [-0.15, -0.1) is 0 Å². The lowest BCUT2D eigenvalue weighted by atomic mass is 10.0. The summed E-state index contributed by atoms with van der Waals surface area (Å²) in [5.74, 6) is -0.859. The Morgan fingerprint density at radius 2 is 2.00 bits per heavy atom. The standard InChI is InChI=1S/C11H13NO3/c13-10(7-3-1-2-4-7)9-5-8(6-12-9)11(14)15/h5-7,12H,1-4H2,(H,14,15). The normalized spacial score (nSPS) is 16.8. The second-order valence-corrected chi connectivity index (χ2v) is 3.95. The molecule has 0 radical (unpaired) electrons. The van der Waals surface area contributed by atoms with E-state index < -0.39 is 5.97 Å². The fourth-order valence-corrected chi connectivity index (χ4v) is 2.07. The Morgan fingerprint density at radius 1 is 1.33 bits per heavy atom. The maximum Gasteiger partial charge on any atom is 0.337 e. The van der Waals surface area contributed by atoms with Gasteiger partial charge in [-0.3, -0.25) is 4.79 Å². The number of hydrogen-bond donors (Lipinski definition) is 2. The molecule has 4 nitrogen and oxygen atoms in total. The number of H-pyrrole nitrogens is 1. The van der Waals surface area contributed by atoms with Crippen molar-refractivity contribution in [3.05, 3.63) is 23.5 Å². The van der Waals surface area contributed by atoms with Gasteiger partial charge in [-0.05, 0) is 18.9 Å². The number of carboxylic acid groups (broad SMARTS) is 1. The third-order valence-corrected chi connectivity index (χ3v) is 2.92. The second-order valence-electron chi connectivity index (χ2n) is 3.95. The Labute approximate surface area is 87.3 Å². The van der Waals surface area contributed by atoms with Gasteiger partial charge in [0.2, 0.25) is 0 Å². The molecule has 0 spiro atoms. The molecule has 0 saturated heterocycles. The van der Waals surface area contributed by atoms with Gasteiger partial charge in [-0.25, -0.2) is 4.79 Å². The molecule has 1 heterocycles. The van der Waals surface area contributed by atoms with Crippen LogP contribution in [0.25, 0.3) is 0 Å². The maximum absolute atomic E-state index is 11.9. The van der Waals surface area contributed by atoms with Crippen molar-refractivity contribution in [3.63, 3.8) is 0 Å². The molecule has 1 aromatic rings. The first-order valence-electron chi connectivity index (χ1n) is 5.14. The molecule has 0 unspecified atom stereocenters. The van der Waals surface area contributed by atoms with E-state index in [0.29, 0.717) is 5.69 Å². The monoisotopic (exact) mass is 207 g/mol. The lowest BCUT2D eigenvalue weighted by Gasteiger charge is -2.04. The van der Waals surface area contributed by atoms with Gasteiger partial charge >= 0.3 is 5.97 Å².